The van der Waals surface area contributed by atoms with E-state index in [-0.39, 0.29) is 5.82 Å². The van der Waals surface area contributed by atoms with Crippen LogP contribution in [-0.4, -0.2) is 19.9 Å². The second kappa shape index (κ2) is 7.70. The van der Waals surface area contributed by atoms with E-state index in [0.29, 0.717) is 29.4 Å². The van der Waals surface area contributed by atoms with Crippen molar-refractivity contribution in [1.29, 1.82) is 0 Å². The Bertz CT molecular complexity index is 1040. The number of rotatable bonds is 5. The first kappa shape index (κ1) is 16.8. The monoisotopic (exact) mass is 357 g/mol. The molecule has 0 radical (unpaired) electrons. The number of nitrogens with zero attached hydrogens (tertiary/aromatic N) is 4. The zero-order valence-electron chi connectivity index (χ0n) is 14.4. The van der Waals surface area contributed by atoms with Crippen molar-refractivity contribution < 1.29 is 4.39 Å². The summed E-state index contributed by atoms with van der Waals surface area (Å²) in [4.78, 5) is 17.3. The second-order valence-corrected chi connectivity index (χ2v) is 5.89. The van der Waals surface area contributed by atoms with Gasteiger partial charge in [-0.15, -0.1) is 0 Å². The van der Waals surface area contributed by atoms with Gasteiger partial charge in [0.25, 0.3) is 0 Å². The summed E-state index contributed by atoms with van der Waals surface area (Å²) in [7, 11) is 0. The van der Waals surface area contributed by atoms with Gasteiger partial charge in [0, 0.05) is 48.5 Å². The zero-order valence-corrected chi connectivity index (χ0v) is 14.4. The SMILES string of the molecule is Fc1ccccc1-c1cc(NCc2ccncc2)nc(-c2cccnc2)n1. The Balaban J connectivity index is 1.74. The van der Waals surface area contributed by atoms with Crippen molar-refractivity contribution in [2.45, 2.75) is 6.54 Å². The summed E-state index contributed by atoms with van der Waals surface area (Å²) >= 11 is 0. The molecule has 4 aromatic rings. The van der Waals surface area contributed by atoms with Crippen LogP contribution in [0.1, 0.15) is 5.56 Å². The Morgan fingerprint density at radius 3 is 2.48 bits per heavy atom. The molecular weight excluding hydrogens is 341 g/mol. The lowest BCUT2D eigenvalue weighted by Crippen LogP contribution is -2.04. The van der Waals surface area contributed by atoms with E-state index >= 15 is 0 Å². The molecule has 0 saturated carbocycles. The third-order valence-corrected chi connectivity index (χ3v) is 4.02. The molecule has 0 atom stereocenters. The van der Waals surface area contributed by atoms with Crippen molar-refractivity contribution >= 4 is 5.82 Å². The number of hydrogen-bond acceptors (Lipinski definition) is 5. The van der Waals surface area contributed by atoms with E-state index < -0.39 is 0 Å². The first-order valence-electron chi connectivity index (χ1n) is 8.47. The molecule has 0 unspecified atom stereocenters. The molecule has 0 amide bonds. The fourth-order valence-corrected chi connectivity index (χ4v) is 2.66. The van der Waals surface area contributed by atoms with E-state index in [2.05, 4.69) is 25.3 Å². The second-order valence-electron chi connectivity index (χ2n) is 5.89. The fourth-order valence-electron chi connectivity index (χ4n) is 2.66. The minimum Gasteiger partial charge on any atom is -0.366 e. The predicted molar refractivity (Wildman–Crippen MR) is 102 cm³/mol. The van der Waals surface area contributed by atoms with E-state index in [4.69, 9.17) is 0 Å². The van der Waals surface area contributed by atoms with Gasteiger partial charge >= 0.3 is 0 Å². The molecule has 3 aromatic heterocycles. The summed E-state index contributed by atoms with van der Waals surface area (Å²) in [6.45, 7) is 0.572. The highest BCUT2D eigenvalue weighted by atomic mass is 19.1. The molecular formula is C21H16FN5. The largest absolute Gasteiger partial charge is 0.366 e. The number of anilines is 1. The van der Waals surface area contributed by atoms with Crippen LogP contribution >= 0.6 is 0 Å². The van der Waals surface area contributed by atoms with Gasteiger partial charge in [0.1, 0.15) is 11.6 Å². The lowest BCUT2D eigenvalue weighted by Gasteiger charge is -2.11. The predicted octanol–water partition coefficient (Wildman–Crippen LogP) is 4.35. The lowest BCUT2D eigenvalue weighted by atomic mass is 10.1. The van der Waals surface area contributed by atoms with E-state index in [1.54, 1.807) is 49.1 Å². The minimum absolute atomic E-state index is 0.326. The van der Waals surface area contributed by atoms with Crippen LogP contribution in [0.3, 0.4) is 0 Å². The summed E-state index contributed by atoms with van der Waals surface area (Å²) in [6, 6.07) is 15.9. The van der Waals surface area contributed by atoms with Crippen LogP contribution in [0.15, 0.2) is 79.4 Å². The quantitative estimate of drug-likeness (QED) is 0.575. The number of benzene rings is 1. The average molecular weight is 357 g/mol. The topological polar surface area (TPSA) is 63.6 Å². The van der Waals surface area contributed by atoms with Gasteiger partial charge in [-0.3, -0.25) is 9.97 Å². The Kier molecular flexibility index (Phi) is 4.78. The maximum Gasteiger partial charge on any atom is 0.163 e. The number of hydrogen-bond donors (Lipinski definition) is 1. The first-order valence-corrected chi connectivity index (χ1v) is 8.47. The molecule has 0 spiro atoms. The van der Waals surface area contributed by atoms with Crippen LogP contribution in [0.4, 0.5) is 10.2 Å². The van der Waals surface area contributed by atoms with E-state index in [1.807, 2.05) is 24.3 Å². The van der Waals surface area contributed by atoms with Gasteiger partial charge < -0.3 is 5.32 Å². The van der Waals surface area contributed by atoms with Crippen molar-refractivity contribution in [3.05, 3.63) is 90.8 Å². The van der Waals surface area contributed by atoms with Gasteiger partial charge in [0.15, 0.2) is 5.82 Å². The normalized spacial score (nSPS) is 10.6. The highest BCUT2D eigenvalue weighted by molar-refractivity contribution is 5.67. The molecule has 0 bridgehead atoms. The van der Waals surface area contributed by atoms with E-state index in [1.165, 1.54) is 6.07 Å². The molecule has 6 heteroatoms. The molecule has 27 heavy (non-hydrogen) atoms. The van der Waals surface area contributed by atoms with Crippen LogP contribution in [-0.2, 0) is 6.54 Å². The van der Waals surface area contributed by atoms with Gasteiger partial charge in [-0.25, -0.2) is 14.4 Å². The molecule has 0 fully saturated rings. The Morgan fingerprint density at radius 2 is 1.70 bits per heavy atom. The highest BCUT2D eigenvalue weighted by Gasteiger charge is 2.12. The molecule has 0 saturated heterocycles. The van der Waals surface area contributed by atoms with Crippen LogP contribution in [0.2, 0.25) is 0 Å². The zero-order chi connectivity index (χ0) is 18.5. The maximum absolute atomic E-state index is 14.3. The van der Waals surface area contributed by atoms with Gasteiger partial charge in [-0.1, -0.05) is 12.1 Å². The minimum atomic E-state index is -0.326. The highest BCUT2D eigenvalue weighted by Crippen LogP contribution is 2.26. The van der Waals surface area contributed by atoms with Gasteiger partial charge in [-0.05, 0) is 42.0 Å². The number of nitrogens with one attached hydrogen (secondary N) is 1. The van der Waals surface area contributed by atoms with Gasteiger partial charge in [0.2, 0.25) is 0 Å². The number of halogens is 1. The number of aromatic nitrogens is 4. The summed E-state index contributed by atoms with van der Waals surface area (Å²) < 4.78 is 14.3. The third kappa shape index (κ3) is 3.95. The van der Waals surface area contributed by atoms with Crippen LogP contribution in [0.5, 0.6) is 0 Å². The van der Waals surface area contributed by atoms with Crippen LogP contribution in [0, 0.1) is 5.82 Å². The van der Waals surface area contributed by atoms with Crippen LogP contribution < -0.4 is 5.32 Å². The molecule has 5 nitrogen and oxygen atoms in total. The van der Waals surface area contributed by atoms with Crippen LogP contribution in [0.25, 0.3) is 22.6 Å². The standard InChI is InChI=1S/C21H16FN5/c22-18-6-2-1-5-17(18)19-12-20(25-13-15-7-10-23-11-8-15)27-21(26-19)16-4-3-9-24-14-16/h1-12,14H,13H2,(H,25,26,27). The van der Waals surface area contributed by atoms with Crippen molar-refractivity contribution in [1.82, 2.24) is 19.9 Å². The summed E-state index contributed by atoms with van der Waals surface area (Å²) in [5.41, 5.74) is 2.78. The Hall–Kier alpha value is -3.67. The molecule has 0 aliphatic heterocycles. The number of pyridine rings is 2. The molecule has 1 N–H and O–H groups in total. The van der Waals surface area contributed by atoms with Crippen molar-refractivity contribution in [3.63, 3.8) is 0 Å². The summed E-state index contributed by atoms with van der Waals surface area (Å²) in [5, 5.41) is 3.28. The molecule has 4 rings (SSSR count). The van der Waals surface area contributed by atoms with Crippen molar-refractivity contribution in [2.24, 2.45) is 0 Å². The summed E-state index contributed by atoms with van der Waals surface area (Å²) in [6.07, 6.45) is 6.85. The van der Waals surface area contributed by atoms with Crippen molar-refractivity contribution in [3.8, 4) is 22.6 Å². The van der Waals surface area contributed by atoms with E-state index in [0.717, 1.165) is 11.1 Å². The smallest absolute Gasteiger partial charge is 0.163 e. The third-order valence-electron chi connectivity index (χ3n) is 4.02. The molecule has 3 heterocycles. The Labute approximate surface area is 156 Å². The van der Waals surface area contributed by atoms with Gasteiger partial charge in [-0.2, -0.15) is 0 Å². The average Bonchev–Trinajstić information content (AvgIpc) is 2.74. The van der Waals surface area contributed by atoms with E-state index in [9.17, 15) is 4.39 Å². The lowest BCUT2D eigenvalue weighted by molar-refractivity contribution is 0.630. The summed E-state index contributed by atoms with van der Waals surface area (Å²) in [5.74, 6) is 0.772. The Morgan fingerprint density at radius 1 is 0.852 bits per heavy atom. The molecule has 1 aromatic carbocycles. The first-order chi connectivity index (χ1) is 13.3. The van der Waals surface area contributed by atoms with Gasteiger partial charge in [0.05, 0.1) is 5.69 Å². The fraction of sp³-hybridized carbons (Fsp3) is 0.0476. The molecule has 0 aliphatic carbocycles. The van der Waals surface area contributed by atoms with Crippen molar-refractivity contribution in [2.75, 3.05) is 5.32 Å². The molecule has 132 valence electrons. The maximum atomic E-state index is 14.3. The molecule has 0 aliphatic rings.